The maximum Gasteiger partial charge on any atom is 0.265 e. The van der Waals surface area contributed by atoms with E-state index in [1.165, 1.54) is 23.1 Å². The first-order valence-corrected chi connectivity index (χ1v) is 9.97. The molecule has 0 saturated heterocycles. The van der Waals surface area contributed by atoms with Gasteiger partial charge in [0.1, 0.15) is 10.6 Å². The Hall–Kier alpha value is -1.84. The average Bonchev–Trinajstić information content (AvgIpc) is 2.88. The molecule has 25 heavy (non-hydrogen) atoms. The van der Waals surface area contributed by atoms with Crippen LogP contribution in [0.1, 0.15) is 22.3 Å². The molecule has 1 aromatic carbocycles. The highest BCUT2D eigenvalue weighted by Gasteiger charge is 2.22. The summed E-state index contributed by atoms with van der Waals surface area (Å²) < 4.78 is 32.7. The number of benzene rings is 1. The number of hydrogen-bond donors (Lipinski definition) is 1. The van der Waals surface area contributed by atoms with E-state index in [4.69, 9.17) is 16.3 Å². The van der Waals surface area contributed by atoms with Gasteiger partial charge in [0.2, 0.25) is 0 Å². The van der Waals surface area contributed by atoms with Crippen LogP contribution in [0.15, 0.2) is 23.1 Å². The maximum atomic E-state index is 12.5. The summed E-state index contributed by atoms with van der Waals surface area (Å²) in [5, 5.41) is 0.316. The van der Waals surface area contributed by atoms with Gasteiger partial charge < -0.3 is 9.64 Å². The molecule has 0 atom stereocenters. The Balaban J connectivity index is 2.29. The molecule has 0 aliphatic heterocycles. The van der Waals surface area contributed by atoms with Crippen LogP contribution in [0.5, 0.6) is 5.75 Å². The van der Waals surface area contributed by atoms with E-state index in [2.05, 4.69) is 9.71 Å². The normalized spacial score (nSPS) is 11.2. The number of thiazole rings is 1. The largest absolute Gasteiger partial charge is 0.492 e. The fourth-order valence-electron chi connectivity index (χ4n) is 1.94. The van der Waals surface area contributed by atoms with Gasteiger partial charge in [-0.15, -0.1) is 0 Å². The molecule has 0 aliphatic rings. The van der Waals surface area contributed by atoms with E-state index in [1.807, 2.05) is 0 Å². The van der Waals surface area contributed by atoms with Gasteiger partial charge in [0.05, 0.1) is 22.2 Å². The van der Waals surface area contributed by atoms with Gasteiger partial charge >= 0.3 is 0 Å². The fraction of sp³-hybridized carbons (Fsp3) is 0.333. The minimum Gasteiger partial charge on any atom is -0.492 e. The van der Waals surface area contributed by atoms with E-state index in [0.717, 1.165) is 11.3 Å². The molecule has 0 unspecified atom stereocenters. The zero-order chi connectivity index (χ0) is 18.8. The lowest BCUT2D eigenvalue weighted by Gasteiger charge is -2.09. The molecule has 1 heterocycles. The molecular weight excluding hydrogens is 386 g/mol. The van der Waals surface area contributed by atoms with Crippen LogP contribution in [0.4, 0.5) is 5.13 Å². The number of halogens is 1. The van der Waals surface area contributed by atoms with Crippen molar-refractivity contribution in [2.45, 2.75) is 18.7 Å². The standard InChI is InChI=1S/C15H18ClN3O4S2/c1-5-23-12-7-6-10(8-11(12)16)25(21,22)18-15-17-9(2)13(24-15)14(20)19(3)4/h6-8H,5H2,1-4H3,(H,17,18). The number of amides is 1. The maximum absolute atomic E-state index is 12.5. The molecular formula is C15H18ClN3O4S2. The summed E-state index contributed by atoms with van der Waals surface area (Å²) >= 11 is 7.03. The summed E-state index contributed by atoms with van der Waals surface area (Å²) in [5.41, 5.74) is 0.464. The van der Waals surface area contributed by atoms with Crippen LogP contribution in [-0.2, 0) is 10.0 Å². The van der Waals surface area contributed by atoms with Crippen molar-refractivity contribution in [2.24, 2.45) is 0 Å². The van der Waals surface area contributed by atoms with Gasteiger partial charge in [0, 0.05) is 14.1 Å². The number of nitrogens with one attached hydrogen (secondary N) is 1. The van der Waals surface area contributed by atoms with Gasteiger partial charge in [-0.1, -0.05) is 22.9 Å². The van der Waals surface area contributed by atoms with Crippen LogP contribution in [0, 0.1) is 6.92 Å². The number of anilines is 1. The third kappa shape index (κ3) is 4.42. The van der Waals surface area contributed by atoms with E-state index in [9.17, 15) is 13.2 Å². The second kappa shape index (κ2) is 7.59. The van der Waals surface area contributed by atoms with E-state index in [1.54, 1.807) is 27.9 Å². The SMILES string of the molecule is CCOc1ccc(S(=O)(=O)Nc2nc(C)c(C(=O)N(C)C)s2)cc1Cl. The zero-order valence-corrected chi connectivity index (χ0v) is 16.5. The van der Waals surface area contributed by atoms with Crippen molar-refractivity contribution in [1.82, 2.24) is 9.88 Å². The average molecular weight is 404 g/mol. The van der Waals surface area contributed by atoms with Crippen molar-refractivity contribution < 1.29 is 17.9 Å². The molecule has 0 bridgehead atoms. The summed E-state index contributed by atoms with van der Waals surface area (Å²) in [6, 6.07) is 4.20. The number of ether oxygens (including phenoxy) is 1. The van der Waals surface area contributed by atoms with Gasteiger partial charge in [0.25, 0.3) is 15.9 Å². The molecule has 2 rings (SSSR count). The molecule has 1 amide bonds. The van der Waals surface area contributed by atoms with Crippen molar-refractivity contribution in [1.29, 1.82) is 0 Å². The summed E-state index contributed by atoms with van der Waals surface area (Å²) in [5.74, 6) is 0.177. The van der Waals surface area contributed by atoms with Crippen LogP contribution in [0.25, 0.3) is 0 Å². The van der Waals surface area contributed by atoms with E-state index in [0.29, 0.717) is 22.9 Å². The van der Waals surface area contributed by atoms with Crippen LogP contribution >= 0.6 is 22.9 Å². The molecule has 136 valence electrons. The first kappa shape index (κ1) is 19.5. The molecule has 0 aliphatic carbocycles. The lowest BCUT2D eigenvalue weighted by Crippen LogP contribution is -2.21. The molecule has 1 aromatic heterocycles. The number of rotatable bonds is 6. The smallest absolute Gasteiger partial charge is 0.265 e. The van der Waals surface area contributed by atoms with Gasteiger partial charge in [-0.25, -0.2) is 13.4 Å². The lowest BCUT2D eigenvalue weighted by molar-refractivity contribution is 0.0831. The van der Waals surface area contributed by atoms with Crippen molar-refractivity contribution in [2.75, 3.05) is 25.4 Å². The van der Waals surface area contributed by atoms with Crippen LogP contribution < -0.4 is 9.46 Å². The Morgan fingerprint density at radius 1 is 1.40 bits per heavy atom. The number of aromatic nitrogens is 1. The van der Waals surface area contributed by atoms with E-state index < -0.39 is 10.0 Å². The highest BCUT2D eigenvalue weighted by Crippen LogP contribution is 2.30. The topological polar surface area (TPSA) is 88.6 Å². The minimum absolute atomic E-state index is 0.0192. The second-order valence-electron chi connectivity index (χ2n) is 5.26. The minimum atomic E-state index is -3.88. The zero-order valence-electron chi connectivity index (χ0n) is 14.2. The highest BCUT2D eigenvalue weighted by atomic mass is 35.5. The van der Waals surface area contributed by atoms with Crippen LogP contribution in [0.3, 0.4) is 0 Å². The highest BCUT2D eigenvalue weighted by molar-refractivity contribution is 7.93. The first-order chi connectivity index (χ1) is 11.7. The Labute approximate surface area is 155 Å². The predicted octanol–water partition coefficient (Wildman–Crippen LogP) is 3.01. The second-order valence-corrected chi connectivity index (χ2v) is 8.35. The monoisotopic (exact) mass is 403 g/mol. The summed E-state index contributed by atoms with van der Waals surface area (Å²) in [6.45, 7) is 3.88. The van der Waals surface area contributed by atoms with Crippen LogP contribution in [-0.4, -0.2) is 44.9 Å². The number of nitrogens with zero attached hydrogens (tertiary/aromatic N) is 2. The van der Waals surface area contributed by atoms with Crippen molar-refractivity contribution in [3.05, 3.63) is 33.8 Å². The third-order valence-electron chi connectivity index (χ3n) is 3.13. The first-order valence-electron chi connectivity index (χ1n) is 7.30. The Morgan fingerprint density at radius 3 is 2.64 bits per heavy atom. The van der Waals surface area contributed by atoms with Gasteiger partial charge in [0.15, 0.2) is 5.13 Å². The number of sulfonamides is 1. The van der Waals surface area contributed by atoms with Gasteiger partial charge in [-0.3, -0.25) is 9.52 Å². The summed E-state index contributed by atoms with van der Waals surface area (Å²) in [6.07, 6.45) is 0. The van der Waals surface area contributed by atoms with E-state index >= 15 is 0 Å². The Bertz CT molecular complexity index is 894. The summed E-state index contributed by atoms with van der Waals surface area (Å²) in [7, 11) is -0.647. The molecule has 1 N–H and O–H groups in total. The third-order valence-corrected chi connectivity index (χ3v) is 5.95. The number of hydrogen-bond acceptors (Lipinski definition) is 6. The van der Waals surface area contributed by atoms with Crippen LogP contribution in [0.2, 0.25) is 5.02 Å². The quantitative estimate of drug-likeness (QED) is 0.800. The molecule has 0 fully saturated rings. The molecule has 7 nitrogen and oxygen atoms in total. The summed E-state index contributed by atoms with van der Waals surface area (Å²) in [4.78, 5) is 17.9. The fourth-order valence-corrected chi connectivity index (χ4v) is 4.49. The van der Waals surface area contributed by atoms with Gasteiger partial charge in [-0.05, 0) is 32.0 Å². The Kier molecular flexibility index (Phi) is 5.91. The van der Waals surface area contributed by atoms with E-state index in [-0.39, 0.29) is 21.0 Å². The number of carbonyl (C=O) groups is 1. The van der Waals surface area contributed by atoms with Gasteiger partial charge in [-0.2, -0.15) is 0 Å². The lowest BCUT2D eigenvalue weighted by atomic mass is 10.3. The van der Waals surface area contributed by atoms with Crippen molar-refractivity contribution in [3.8, 4) is 5.75 Å². The number of carbonyl (C=O) groups excluding carboxylic acids is 1. The molecule has 2 aromatic rings. The number of aryl methyl sites for hydroxylation is 1. The molecule has 0 spiro atoms. The van der Waals surface area contributed by atoms with Crippen molar-refractivity contribution >= 4 is 44.0 Å². The predicted molar refractivity (Wildman–Crippen MR) is 98.3 cm³/mol. The molecule has 0 saturated carbocycles. The Morgan fingerprint density at radius 2 is 2.08 bits per heavy atom. The molecule has 0 radical (unpaired) electrons. The molecule has 10 heteroatoms. The van der Waals surface area contributed by atoms with Crippen molar-refractivity contribution in [3.63, 3.8) is 0 Å².